The van der Waals surface area contributed by atoms with Crippen molar-refractivity contribution in [1.82, 2.24) is 25.1 Å². The normalized spacial score (nSPS) is 16.5. The fourth-order valence-electron chi connectivity index (χ4n) is 3.91. The standard InChI is InChI=1S/C20H25ClN6S/c1-3-18(20-22-23-24-27(20)14-17-5-4-12-28-17)25-8-10-26(11-9-25)19-13-16(21)7-6-15(19)2/h4-7,12-13,18H,3,8-11,14H2,1-2H3/t18-/m0/s1. The monoisotopic (exact) mass is 416 g/mol. The Bertz CT molecular complexity index is 901. The zero-order valence-corrected chi connectivity index (χ0v) is 17.8. The number of hydrogen-bond acceptors (Lipinski definition) is 6. The van der Waals surface area contributed by atoms with Gasteiger partial charge >= 0.3 is 0 Å². The zero-order chi connectivity index (χ0) is 19.5. The van der Waals surface area contributed by atoms with Gasteiger partial charge in [0.15, 0.2) is 5.82 Å². The summed E-state index contributed by atoms with van der Waals surface area (Å²) in [6, 6.07) is 10.6. The number of piperazine rings is 1. The number of rotatable bonds is 6. The van der Waals surface area contributed by atoms with Crippen LogP contribution in [0, 0.1) is 6.92 Å². The molecule has 3 heterocycles. The van der Waals surface area contributed by atoms with Gasteiger partial charge in [-0.05, 0) is 52.9 Å². The highest BCUT2D eigenvalue weighted by molar-refractivity contribution is 7.09. The quantitative estimate of drug-likeness (QED) is 0.607. The molecule has 1 aromatic carbocycles. The van der Waals surface area contributed by atoms with Gasteiger partial charge in [0.2, 0.25) is 0 Å². The second-order valence-corrected chi connectivity index (χ2v) is 8.62. The summed E-state index contributed by atoms with van der Waals surface area (Å²) in [7, 11) is 0. The molecular formula is C20H25ClN6S. The molecule has 1 atom stereocenters. The molecule has 1 aliphatic rings. The molecule has 4 rings (SSSR count). The van der Waals surface area contributed by atoms with Crippen LogP contribution in [0.25, 0.3) is 0 Å². The summed E-state index contributed by atoms with van der Waals surface area (Å²) in [6.07, 6.45) is 0.987. The van der Waals surface area contributed by atoms with E-state index in [0.29, 0.717) is 0 Å². The van der Waals surface area contributed by atoms with Gasteiger partial charge in [0, 0.05) is 41.8 Å². The lowest BCUT2D eigenvalue weighted by atomic mass is 10.1. The van der Waals surface area contributed by atoms with Crippen LogP contribution >= 0.6 is 22.9 Å². The van der Waals surface area contributed by atoms with E-state index in [-0.39, 0.29) is 6.04 Å². The number of tetrazole rings is 1. The fraction of sp³-hybridized carbons (Fsp3) is 0.450. The molecule has 1 aliphatic heterocycles. The first-order chi connectivity index (χ1) is 13.7. The van der Waals surface area contributed by atoms with Gasteiger partial charge in [-0.2, -0.15) is 0 Å². The van der Waals surface area contributed by atoms with E-state index in [9.17, 15) is 0 Å². The number of aryl methyl sites for hydroxylation is 1. The molecule has 0 aliphatic carbocycles. The van der Waals surface area contributed by atoms with Crippen molar-refractivity contribution in [2.45, 2.75) is 32.9 Å². The number of halogens is 1. The van der Waals surface area contributed by atoms with E-state index < -0.39 is 0 Å². The smallest absolute Gasteiger partial charge is 0.168 e. The molecule has 2 aromatic heterocycles. The van der Waals surface area contributed by atoms with Gasteiger partial charge in [0.1, 0.15) is 0 Å². The number of aromatic nitrogens is 4. The Labute approximate surface area is 174 Å². The average molecular weight is 417 g/mol. The maximum Gasteiger partial charge on any atom is 0.168 e. The predicted octanol–water partition coefficient (Wildman–Crippen LogP) is 4.02. The number of nitrogens with zero attached hydrogens (tertiary/aromatic N) is 6. The van der Waals surface area contributed by atoms with Crippen molar-refractivity contribution in [2.24, 2.45) is 0 Å². The molecule has 6 nitrogen and oxygen atoms in total. The van der Waals surface area contributed by atoms with Crippen LogP contribution in [0.3, 0.4) is 0 Å². The van der Waals surface area contributed by atoms with Gasteiger partial charge in [0.25, 0.3) is 0 Å². The summed E-state index contributed by atoms with van der Waals surface area (Å²) in [5, 5.41) is 15.5. The number of benzene rings is 1. The van der Waals surface area contributed by atoms with Crippen LogP contribution in [-0.2, 0) is 6.54 Å². The predicted molar refractivity (Wildman–Crippen MR) is 114 cm³/mol. The van der Waals surface area contributed by atoms with E-state index >= 15 is 0 Å². The zero-order valence-electron chi connectivity index (χ0n) is 16.3. The molecule has 0 spiro atoms. The third-order valence-corrected chi connectivity index (χ3v) is 6.49. The molecule has 0 N–H and O–H groups in total. The van der Waals surface area contributed by atoms with E-state index in [2.05, 4.69) is 68.8 Å². The summed E-state index contributed by atoms with van der Waals surface area (Å²) in [5.74, 6) is 0.961. The molecule has 28 heavy (non-hydrogen) atoms. The van der Waals surface area contributed by atoms with Gasteiger partial charge in [-0.25, -0.2) is 4.68 Å². The maximum absolute atomic E-state index is 6.22. The molecule has 0 bridgehead atoms. The lowest BCUT2D eigenvalue weighted by Gasteiger charge is -2.40. The summed E-state index contributed by atoms with van der Waals surface area (Å²) < 4.78 is 1.95. The number of hydrogen-bond donors (Lipinski definition) is 0. The minimum absolute atomic E-state index is 0.234. The van der Waals surface area contributed by atoms with Crippen LogP contribution in [-0.4, -0.2) is 51.3 Å². The highest BCUT2D eigenvalue weighted by Gasteiger charge is 2.28. The Kier molecular flexibility index (Phi) is 5.94. The Hall–Kier alpha value is -1.96. The van der Waals surface area contributed by atoms with Crippen molar-refractivity contribution in [2.75, 3.05) is 31.1 Å². The first-order valence-corrected chi connectivity index (χ1v) is 10.9. The van der Waals surface area contributed by atoms with Crippen LogP contribution in [0.15, 0.2) is 35.7 Å². The maximum atomic E-state index is 6.22. The molecule has 148 valence electrons. The third kappa shape index (κ3) is 4.06. The van der Waals surface area contributed by atoms with Crippen molar-refractivity contribution in [3.8, 4) is 0 Å². The third-order valence-electron chi connectivity index (χ3n) is 5.40. The average Bonchev–Trinajstić information content (AvgIpc) is 3.38. The van der Waals surface area contributed by atoms with Crippen molar-refractivity contribution in [3.05, 3.63) is 57.0 Å². The molecule has 0 saturated carbocycles. The van der Waals surface area contributed by atoms with Crippen molar-refractivity contribution in [1.29, 1.82) is 0 Å². The van der Waals surface area contributed by atoms with Crippen LogP contribution < -0.4 is 4.90 Å². The first kappa shape index (κ1) is 19.4. The summed E-state index contributed by atoms with van der Waals surface area (Å²) in [4.78, 5) is 6.20. The van der Waals surface area contributed by atoms with E-state index in [1.165, 1.54) is 16.1 Å². The largest absolute Gasteiger partial charge is 0.369 e. The van der Waals surface area contributed by atoms with Crippen LogP contribution in [0.5, 0.6) is 0 Å². The van der Waals surface area contributed by atoms with Crippen LogP contribution in [0.1, 0.15) is 35.7 Å². The number of anilines is 1. The second-order valence-electron chi connectivity index (χ2n) is 7.15. The van der Waals surface area contributed by atoms with E-state index in [1.54, 1.807) is 11.3 Å². The fourth-order valence-corrected chi connectivity index (χ4v) is 4.77. The number of thiophene rings is 1. The van der Waals surface area contributed by atoms with E-state index in [4.69, 9.17) is 11.6 Å². The van der Waals surface area contributed by atoms with Crippen LogP contribution in [0.2, 0.25) is 5.02 Å². The Morgan fingerprint density at radius 3 is 2.71 bits per heavy atom. The van der Waals surface area contributed by atoms with Gasteiger partial charge in [0.05, 0.1) is 12.6 Å². The summed E-state index contributed by atoms with van der Waals surface area (Å²) >= 11 is 7.96. The molecule has 8 heteroatoms. The molecular weight excluding hydrogens is 392 g/mol. The molecule has 1 fully saturated rings. The van der Waals surface area contributed by atoms with Gasteiger partial charge in [-0.1, -0.05) is 30.7 Å². The highest BCUT2D eigenvalue weighted by atomic mass is 35.5. The second kappa shape index (κ2) is 8.59. The van der Waals surface area contributed by atoms with Crippen molar-refractivity contribution in [3.63, 3.8) is 0 Å². The molecule has 1 saturated heterocycles. The van der Waals surface area contributed by atoms with Gasteiger partial charge < -0.3 is 4.90 Å². The minimum Gasteiger partial charge on any atom is -0.369 e. The lowest BCUT2D eigenvalue weighted by Crippen LogP contribution is -2.48. The van der Waals surface area contributed by atoms with Gasteiger partial charge in [-0.15, -0.1) is 16.4 Å². The molecule has 0 unspecified atom stereocenters. The van der Waals surface area contributed by atoms with Crippen molar-refractivity contribution < 1.29 is 0 Å². The van der Waals surface area contributed by atoms with Crippen LogP contribution in [0.4, 0.5) is 5.69 Å². The van der Waals surface area contributed by atoms with Crippen molar-refractivity contribution >= 4 is 28.6 Å². The summed E-state index contributed by atoms with van der Waals surface area (Å²) in [5.41, 5.74) is 2.51. The lowest BCUT2D eigenvalue weighted by molar-refractivity contribution is 0.169. The van der Waals surface area contributed by atoms with E-state index in [0.717, 1.165) is 50.0 Å². The Morgan fingerprint density at radius 2 is 2.00 bits per heavy atom. The highest BCUT2D eigenvalue weighted by Crippen LogP contribution is 2.28. The Balaban J connectivity index is 1.46. The topological polar surface area (TPSA) is 50.1 Å². The molecule has 3 aromatic rings. The SMILES string of the molecule is CC[C@@H](c1nnnn1Cc1cccs1)N1CCN(c2cc(Cl)ccc2C)CC1. The van der Waals surface area contributed by atoms with E-state index in [1.807, 2.05) is 10.7 Å². The molecule has 0 radical (unpaired) electrons. The molecule has 0 amide bonds. The summed E-state index contributed by atoms with van der Waals surface area (Å²) in [6.45, 7) is 9.01. The Morgan fingerprint density at radius 1 is 1.18 bits per heavy atom. The minimum atomic E-state index is 0.234. The first-order valence-electron chi connectivity index (χ1n) is 9.69. The van der Waals surface area contributed by atoms with Gasteiger partial charge in [-0.3, -0.25) is 4.90 Å².